The van der Waals surface area contributed by atoms with Crippen LogP contribution in [0.15, 0.2) is 23.1 Å². The molecule has 2 heterocycles. The summed E-state index contributed by atoms with van der Waals surface area (Å²) in [6.07, 6.45) is 5.56. The second kappa shape index (κ2) is 7.44. The number of esters is 1. The molecule has 0 radical (unpaired) electrons. The van der Waals surface area contributed by atoms with Gasteiger partial charge >= 0.3 is 5.97 Å². The van der Waals surface area contributed by atoms with Crippen molar-refractivity contribution in [2.24, 2.45) is 11.3 Å². The van der Waals surface area contributed by atoms with Gasteiger partial charge in [-0.2, -0.15) is 0 Å². The number of ether oxygens (including phenoxy) is 2. The van der Waals surface area contributed by atoms with Crippen LogP contribution in [0.25, 0.3) is 0 Å². The molecule has 3 aliphatic rings. The van der Waals surface area contributed by atoms with E-state index in [1.807, 2.05) is 6.92 Å². The summed E-state index contributed by atoms with van der Waals surface area (Å²) in [6.45, 7) is 4.69. The normalized spacial score (nSPS) is 24.1. The number of amides is 1. The van der Waals surface area contributed by atoms with Crippen molar-refractivity contribution in [2.45, 2.75) is 45.7 Å². The maximum Gasteiger partial charge on any atom is 0.357 e. The van der Waals surface area contributed by atoms with Crippen molar-refractivity contribution >= 4 is 29.7 Å². The first-order valence-electron chi connectivity index (χ1n) is 9.92. The zero-order chi connectivity index (χ0) is 20.8. The molecule has 29 heavy (non-hydrogen) atoms. The zero-order valence-electron chi connectivity index (χ0n) is 16.5. The molecule has 1 aromatic heterocycles. The van der Waals surface area contributed by atoms with Crippen LogP contribution in [-0.4, -0.2) is 47.2 Å². The van der Waals surface area contributed by atoms with Gasteiger partial charge in [-0.15, -0.1) is 0 Å². The van der Waals surface area contributed by atoms with E-state index in [4.69, 9.17) is 26.5 Å². The highest BCUT2D eigenvalue weighted by atomic mass is 35.5. The van der Waals surface area contributed by atoms with Crippen LogP contribution in [-0.2, 0) is 16.0 Å². The molecule has 1 aliphatic heterocycles. The van der Waals surface area contributed by atoms with Crippen molar-refractivity contribution in [1.82, 2.24) is 9.88 Å². The topological polar surface area (TPSA) is 92.6 Å². The molecule has 1 saturated carbocycles. The lowest BCUT2D eigenvalue weighted by atomic mass is 9.69. The monoisotopic (exact) mass is 417 g/mol. The maximum atomic E-state index is 13.1. The van der Waals surface area contributed by atoms with Gasteiger partial charge in [0.2, 0.25) is 0 Å². The molecular weight excluding hydrogens is 394 g/mol. The van der Waals surface area contributed by atoms with Crippen molar-refractivity contribution in [3.63, 3.8) is 0 Å². The molecule has 0 saturated heterocycles. The molecule has 8 heteroatoms. The average molecular weight is 418 g/mol. The molecule has 2 atom stereocenters. The number of nitrogens with zero attached hydrogens (tertiary/aromatic N) is 2. The van der Waals surface area contributed by atoms with Crippen LogP contribution in [0, 0.1) is 16.7 Å². The molecule has 2 aliphatic carbocycles. The Kier molecular flexibility index (Phi) is 5.11. The number of allylic oxidation sites excluding steroid dienone is 1. The maximum absolute atomic E-state index is 13.1. The van der Waals surface area contributed by atoms with Crippen LogP contribution < -0.4 is 0 Å². The van der Waals surface area contributed by atoms with Gasteiger partial charge in [-0.05, 0) is 38.7 Å². The Morgan fingerprint density at radius 3 is 2.90 bits per heavy atom. The summed E-state index contributed by atoms with van der Waals surface area (Å²) >= 11 is 6.34. The smallest absolute Gasteiger partial charge is 0.357 e. The van der Waals surface area contributed by atoms with Gasteiger partial charge in [-0.3, -0.25) is 4.79 Å². The van der Waals surface area contributed by atoms with Crippen LogP contribution in [0.3, 0.4) is 0 Å². The Morgan fingerprint density at radius 2 is 2.28 bits per heavy atom. The summed E-state index contributed by atoms with van der Waals surface area (Å²) in [5.74, 6) is 0.433. The predicted octanol–water partition coefficient (Wildman–Crippen LogP) is 3.52. The summed E-state index contributed by atoms with van der Waals surface area (Å²) in [4.78, 5) is 31.2. The van der Waals surface area contributed by atoms with Gasteiger partial charge in [0, 0.05) is 42.5 Å². The van der Waals surface area contributed by atoms with E-state index < -0.39 is 11.4 Å². The summed E-state index contributed by atoms with van der Waals surface area (Å²) in [5.41, 5.74) is 0.438. The first-order chi connectivity index (χ1) is 13.9. The first-order valence-corrected chi connectivity index (χ1v) is 10.3. The molecule has 0 aromatic carbocycles. The van der Waals surface area contributed by atoms with Crippen molar-refractivity contribution in [1.29, 1.82) is 5.41 Å². The molecule has 154 valence electrons. The second-order valence-electron chi connectivity index (χ2n) is 7.87. The minimum atomic E-state index is -0.749. The van der Waals surface area contributed by atoms with E-state index in [0.29, 0.717) is 40.9 Å². The number of aromatic nitrogens is 1. The van der Waals surface area contributed by atoms with E-state index >= 15 is 0 Å². The molecule has 4 rings (SSSR count). The van der Waals surface area contributed by atoms with Crippen molar-refractivity contribution in [3.8, 4) is 0 Å². The van der Waals surface area contributed by atoms with Gasteiger partial charge in [0.25, 0.3) is 5.91 Å². The van der Waals surface area contributed by atoms with Crippen molar-refractivity contribution < 1.29 is 19.1 Å². The largest absolute Gasteiger partial charge is 0.495 e. The van der Waals surface area contributed by atoms with Gasteiger partial charge in [0.1, 0.15) is 5.76 Å². The summed E-state index contributed by atoms with van der Waals surface area (Å²) in [7, 11) is 0. The Morgan fingerprint density at radius 1 is 1.52 bits per heavy atom. The SMILES string of the molecule is CCOC(=O)c1nccc2c1CN(C(C)C1(C=N)CC(Cl)=C1OCC1CC1)C2=O. The molecule has 0 bridgehead atoms. The fourth-order valence-corrected chi connectivity index (χ4v) is 4.50. The van der Waals surface area contributed by atoms with E-state index in [0.717, 1.165) is 12.8 Å². The molecule has 1 amide bonds. The number of rotatable bonds is 8. The van der Waals surface area contributed by atoms with Crippen LogP contribution in [0.4, 0.5) is 0 Å². The molecule has 0 spiro atoms. The minimum Gasteiger partial charge on any atom is -0.495 e. The van der Waals surface area contributed by atoms with Crippen LogP contribution in [0.2, 0.25) is 0 Å². The highest BCUT2D eigenvalue weighted by molar-refractivity contribution is 6.31. The fourth-order valence-electron chi connectivity index (χ4n) is 4.05. The van der Waals surface area contributed by atoms with Crippen molar-refractivity contribution in [2.75, 3.05) is 13.2 Å². The van der Waals surface area contributed by atoms with Crippen LogP contribution in [0.5, 0.6) is 0 Å². The molecule has 1 fully saturated rings. The van der Waals surface area contributed by atoms with Crippen molar-refractivity contribution in [3.05, 3.63) is 39.9 Å². The second-order valence-corrected chi connectivity index (χ2v) is 8.32. The van der Waals surface area contributed by atoms with Gasteiger partial charge in [0.15, 0.2) is 5.69 Å². The number of pyridine rings is 1. The molecule has 7 nitrogen and oxygen atoms in total. The Balaban J connectivity index is 1.59. The first kappa shape index (κ1) is 19.9. The van der Waals surface area contributed by atoms with Crippen LogP contribution in [0.1, 0.15) is 59.5 Å². The minimum absolute atomic E-state index is 0.170. The highest BCUT2D eigenvalue weighted by Crippen LogP contribution is 2.52. The molecule has 2 unspecified atom stereocenters. The summed E-state index contributed by atoms with van der Waals surface area (Å²) in [5, 5.41) is 8.70. The van der Waals surface area contributed by atoms with Crippen LogP contribution >= 0.6 is 11.6 Å². The number of hydrogen-bond acceptors (Lipinski definition) is 6. The van der Waals surface area contributed by atoms with E-state index in [-0.39, 0.29) is 30.8 Å². The molecule has 1 aromatic rings. The lowest BCUT2D eigenvalue weighted by molar-refractivity contribution is 0.0432. The fraction of sp³-hybridized carbons (Fsp3) is 0.524. The molecular formula is C21H24ClN3O4. The average Bonchev–Trinajstić information content (AvgIpc) is 3.47. The number of nitrogens with one attached hydrogen (secondary N) is 1. The Bertz CT molecular complexity index is 911. The van der Waals surface area contributed by atoms with Gasteiger partial charge in [0.05, 0.1) is 23.7 Å². The summed E-state index contributed by atoms with van der Waals surface area (Å²) < 4.78 is 11.1. The highest BCUT2D eigenvalue weighted by Gasteiger charge is 2.53. The predicted molar refractivity (Wildman–Crippen MR) is 107 cm³/mol. The van der Waals surface area contributed by atoms with E-state index in [9.17, 15) is 9.59 Å². The van der Waals surface area contributed by atoms with E-state index in [1.54, 1.807) is 17.9 Å². The number of carbonyl (C=O) groups excluding carboxylic acids is 2. The number of hydrogen-bond donors (Lipinski definition) is 1. The standard InChI is InChI=1S/C21H24ClN3O4/c1-3-28-20(27)17-15-9-25(19(26)14(15)6-7-24-17)12(2)21(11-23)8-16(22)18(21)29-10-13-4-5-13/h6-7,11-13,23H,3-5,8-10H2,1-2H3. The third-order valence-corrected chi connectivity index (χ3v) is 6.40. The lowest BCUT2D eigenvalue weighted by Crippen LogP contribution is -2.52. The number of fused-ring (bicyclic) bond motifs is 1. The Hall–Kier alpha value is -2.41. The zero-order valence-corrected chi connectivity index (χ0v) is 17.3. The van der Waals surface area contributed by atoms with E-state index in [2.05, 4.69) is 4.98 Å². The lowest BCUT2D eigenvalue weighted by Gasteiger charge is -2.47. The van der Waals surface area contributed by atoms with Gasteiger partial charge in [-0.1, -0.05) is 11.6 Å². The van der Waals surface area contributed by atoms with E-state index in [1.165, 1.54) is 12.4 Å². The summed E-state index contributed by atoms with van der Waals surface area (Å²) in [6, 6.07) is 1.27. The quantitative estimate of drug-likeness (QED) is 0.516. The Labute approximate surface area is 174 Å². The third kappa shape index (κ3) is 3.21. The number of carbonyl (C=O) groups is 2. The third-order valence-electron chi connectivity index (χ3n) is 6.09. The molecule has 1 N–H and O–H groups in total. The van der Waals surface area contributed by atoms with Gasteiger partial charge < -0.3 is 19.8 Å². The van der Waals surface area contributed by atoms with Gasteiger partial charge in [-0.25, -0.2) is 9.78 Å². The number of halogens is 1.